The molecule has 1 saturated heterocycles. The number of hydrogen-bond acceptors (Lipinski definition) is 5. The molecule has 1 atom stereocenters. The Kier molecular flexibility index (Phi) is 6.06. The molecule has 2 aromatic rings. The standard InChI is InChI=1S/C21H26N6O3/c28-18(24-20-23-17(25-26-20)11-10-14-6-4-5-7-14)12-16-19(29)27(21(30)22-16)13-15-8-2-1-3-9-15/h1-3,8-9,14,16H,4-7,10-13H2,(H,22,30)(H2,23,24,25,26,28)/t16-/m1/s1. The average Bonchev–Trinajstić information content (AvgIpc) is 3.46. The smallest absolute Gasteiger partial charge is 0.325 e. The van der Waals surface area contributed by atoms with Crippen LogP contribution in [0.15, 0.2) is 30.3 Å². The number of carbonyl (C=O) groups is 3. The van der Waals surface area contributed by atoms with Gasteiger partial charge < -0.3 is 5.32 Å². The van der Waals surface area contributed by atoms with Crippen molar-refractivity contribution in [2.24, 2.45) is 5.92 Å². The third kappa shape index (κ3) is 4.84. The molecule has 0 unspecified atom stereocenters. The van der Waals surface area contributed by atoms with E-state index in [4.69, 9.17) is 0 Å². The second-order valence-electron chi connectivity index (χ2n) is 7.96. The molecule has 1 saturated carbocycles. The van der Waals surface area contributed by atoms with Crippen molar-refractivity contribution in [1.82, 2.24) is 25.4 Å². The Morgan fingerprint density at radius 3 is 2.70 bits per heavy atom. The molecule has 30 heavy (non-hydrogen) atoms. The zero-order valence-electron chi connectivity index (χ0n) is 16.8. The number of imide groups is 1. The summed E-state index contributed by atoms with van der Waals surface area (Å²) >= 11 is 0. The number of urea groups is 1. The Hall–Kier alpha value is -3.23. The van der Waals surface area contributed by atoms with Gasteiger partial charge in [0, 0.05) is 6.42 Å². The molecule has 9 nitrogen and oxygen atoms in total. The highest BCUT2D eigenvalue weighted by atomic mass is 16.2. The summed E-state index contributed by atoms with van der Waals surface area (Å²) in [7, 11) is 0. The molecule has 2 heterocycles. The molecule has 1 aromatic carbocycles. The zero-order chi connectivity index (χ0) is 20.9. The minimum atomic E-state index is -0.887. The molecule has 0 bridgehead atoms. The number of nitrogens with one attached hydrogen (secondary N) is 3. The number of amides is 4. The van der Waals surface area contributed by atoms with Crippen LogP contribution in [-0.4, -0.2) is 44.0 Å². The van der Waals surface area contributed by atoms with Gasteiger partial charge in [0.15, 0.2) is 0 Å². The van der Waals surface area contributed by atoms with Crippen LogP contribution >= 0.6 is 0 Å². The summed E-state index contributed by atoms with van der Waals surface area (Å²) < 4.78 is 0. The van der Waals surface area contributed by atoms with Crippen molar-refractivity contribution < 1.29 is 14.4 Å². The summed E-state index contributed by atoms with van der Waals surface area (Å²) in [6.07, 6.45) is 6.88. The number of carbonyl (C=O) groups excluding carboxylic acids is 3. The Morgan fingerprint density at radius 2 is 1.93 bits per heavy atom. The first kappa shape index (κ1) is 20.1. The van der Waals surface area contributed by atoms with Gasteiger partial charge in [-0.25, -0.2) is 4.79 Å². The second-order valence-corrected chi connectivity index (χ2v) is 7.96. The predicted molar refractivity (Wildman–Crippen MR) is 109 cm³/mol. The van der Waals surface area contributed by atoms with Crippen molar-refractivity contribution in [3.63, 3.8) is 0 Å². The molecule has 1 aliphatic carbocycles. The van der Waals surface area contributed by atoms with Crippen LogP contribution in [0.3, 0.4) is 0 Å². The fourth-order valence-corrected chi connectivity index (χ4v) is 4.09. The first-order valence-electron chi connectivity index (χ1n) is 10.5. The predicted octanol–water partition coefficient (Wildman–Crippen LogP) is 2.38. The maximum absolute atomic E-state index is 12.5. The van der Waals surface area contributed by atoms with Gasteiger partial charge in [0.1, 0.15) is 11.9 Å². The number of aryl methyl sites for hydroxylation is 1. The molecule has 0 spiro atoms. The van der Waals surface area contributed by atoms with Crippen molar-refractivity contribution in [2.75, 3.05) is 5.32 Å². The Morgan fingerprint density at radius 1 is 1.17 bits per heavy atom. The Balaban J connectivity index is 1.26. The maximum Gasteiger partial charge on any atom is 0.325 e. The van der Waals surface area contributed by atoms with Gasteiger partial charge in [0.25, 0.3) is 5.91 Å². The second kappa shape index (κ2) is 9.06. The minimum Gasteiger partial charge on any atom is -0.325 e. The van der Waals surface area contributed by atoms with Crippen molar-refractivity contribution in [1.29, 1.82) is 0 Å². The lowest BCUT2D eigenvalue weighted by atomic mass is 10.0. The lowest BCUT2D eigenvalue weighted by molar-refractivity contribution is -0.130. The number of aromatic amines is 1. The van der Waals surface area contributed by atoms with E-state index >= 15 is 0 Å². The molecule has 4 amide bonds. The number of anilines is 1. The number of H-pyrrole nitrogens is 1. The largest absolute Gasteiger partial charge is 0.325 e. The third-order valence-corrected chi connectivity index (χ3v) is 5.73. The number of aromatic nitrogens is 3. The quantitative estimate of drug-likeness (QED) is 0.577. The molecular weight excluding hydrogens is 384 g/mol. The van der Waals surface area contributed by atoms with E-state index in [1.165, 1.54) is 25.7 Å². The summed E-state index contributed by atoms with van der Waals surface area (Å²) in [4.78, 5) is 42.5. The van der Waals surface area contributed by atoms with Crippen molar-refractivity contribution in [3.8, 4) is 0 Å². The molecule has 3 N–H and O–H groups in total. The van der Waals surface area contributed by atoms with E-state index in [2.05, 4.69) is 25.8 Å². The maximum atomic E-state index is 12.5. The monoisotopic (exact) mass is 410 g/mol. The van der Waals surface area contributed by atoms with Gasteiger partial charge in [0.05, 0.1) is 13.0 Å². The zero-order valence-corrected chi connectivity index (χ0v) is 16.8. The van der Waals surface area contributed by atoms with Crippen molar-refractivity contribution in [2.45, 2.75) is 57.5 Å². The van der Waals surface area contributed by atoms with Crippen LogP contribution in [0.5, 0.6) is 0 Å². The van der Waals surface area contributed by atoms with Crippen molar-refractivity contribution in [3.05, 3.63) is 41.7 Å². The molecule has 0 radical (unpaired) electrons. The molecule has 158 valence electrons. The van der Waals surface area contributed by atoms with E-state index < -0.39 is 23.9 Å². The van der Waals surface area contributed by atoms with Gasteiger partial charge in [0.2, 0.25) is 11.9 Å². The average molecular weight is 410 g/mol. The number of benzene rings is 1. The highest BCUT2D eigenvalue weighted by Gasteiger charge is 2.39. The van der Waals surface area contributed by atoms with Gasteiger partial charge in [-0.2, -0.15) is 4.98 Å². The lowest BCUT2D eigenvalue weighted by Gasteiger charge is -2.12. The van der Waals surface area contributed by atoms with Crippen molar-refractivity contribution >= 4 is 23.8 Å². The van der Waals surface area contributed by atoms with Gasteiger partial charge in [-0.1, -0.05) is 56.0 Å². The summed E-state index contributed by atoms with van der Waals surface area (Å²) in [5.74, 6) is 0.863. The Bertz CT molecular complexity index is 906. The van der Waals surface area contributed by atoms with Gasteiger partial charge in [-0.05, 0) is 17.9 Å². The third-order valence-electron chi connectivity index (χ3n) is 5.73. The molecule has 9 heteroatoms. The minimum absolute atomic E-state index is 0.165. The van der Waals surface area contributed by atoms with Gasteiger partial charge in [-0.15, -0.1) is 5.10 Å². The number of hydrogen-bond donors (Lipinski definition) is 3. The molecular formula is C21H26N6O3. The first-order chi connectivity index (χ1) is 14.6. The summed E-state index contributed by atoms with van der Waals surface area (Å²) in [6.45, 7) is 0.175. The summed E-state index contributed by atoms with van der Waals surface area (Å²) in [5.41, 5.74) is 0.844. The highest BCUT2D eigenvalue weighted by Crippen LogP contribution is 2.28. The Labute approximate surface area is 174 Å². The molecule has 2 aliphatic rings. The van der Waals surface area contributed by atoms with E-state index in [1.807, 2.05) is 30.3 Å². The first-order valence-corrected chi connectivity index (χ1v) is 10.5. The highest BCUT2D eigenvalue weighted by molar-refractivity contribution is 6.06. The van der Waals surface area contributed by atoms with Crippen LogP contribution in [0.2, 0.25) is 0 Å². The molecule has 2 fully saturated rings. The normalized spacial score (nSPS) is 19.3. The SMILES string of the molecule is O=C(C[C@H]1NC(=O)N(Cc2ccccc2)C1=O)Nc1n[nH]c(CCC2CCCC2)n1. The fraction of sp³-hybridized carbons (Fsp3) is 0.476. The summed E-state index contributed by atoms with van der Waals surface area (Å²) in [5, 5.41) is 12.1. The van der Waals surface area contributed by atoms with Crippen LogP contribution in [0, 0.1) is 5.92 Å². The van der Waals surface area contributed by atoms with E-state index in [-0.39, 0.29) is 18.9 Å². The number of rotatable bonds is 8. The lowest BCUT2D eigenvalue weighted by Crippen LogP contribution is -2.34. The molecule has 1 aliphatic heterocycles. The van der Waals surface area contributed by atoms with Gasteiger partial charge in [-0.3, -0.25) is 24.9 Å². The van der Waals surface area contributed by atoms with Crippen LogP contribution in [0.4, 0.5) is 10.7 Å². The summed E-state index contributed by atoms with van der Waals surface area (Å²) in [6, 6.07) is 7.86. The van der Waals surface area contributed by atoms with E-state index in [0.29, 0.717) is 0 Å². The van der Waals surface area contributed by atoms with Crippen LogP contribution in [-0.2, 0) is 22.6 Å². The fourth-order valence-electron chi connectivity index (χ4n) is 4.09. The molecule has 1 aromatic heterocycles. The van der Waals surface area contributed by atoms with Crippen LogP contribution < -0.4 is 10.6 Å². The van der Waals surface area contributed by atoms with E-state index in [0.717, 1.165) is 35.0 Å². The van der Waals surface area contributed by atoms with Crippen LogP contribution in [0.1, 0.15) is 49.9 Å². The number of nitrogens with zero attached hydrogens (tertiary/aromatic N) is 3. The van der Waals surface area contributed by atoms with Gasteiger partial charge >= 0.3 is 6.03 Å². The molecule has 4 rings (SSSR count). The van der Waals surface area contributed by atoms with E-state index in [9.17, 15) is 14.4 Å². The topological polar surface area (TPSA) is 120 Å². The van der Waals surface area contributed by atoms with Crippen LogP contribution in [0.25, 0.3) is 0 Å². The van der Waals surface area contributed by atoms with E-state index in [1.54, 1.807) is 0 Å².